The van der Waals surface area contributed by atoms with E-state index in [0.717, 1.165) is 10.7 Å². The summed E-state index contributed by atoms with van der Waals surface area (Å²) in [6, 6.07) is 0. The summed E-state index contributed by atoms with van der Waals surface area (Å²) in [5, 5.41) is 6.01. The van der Waals surface area contributed by atoms with Gasteiger partial charge in [-0.3, -0.25) is 4.40 Å². The molecule has 6 heteroatoms. The van der Waals surface area contributed by atoms with Crippen LogP contribution in [0.4, 0.5) is 0 Å². The van der Waals surface area contributed by atoms with E-state index in [-0.39, 0.29) is 0 Å². The van der Waals surface area contributed by atoms with Crippen LogP contribution in [0.3, 0.4) is 0 Å². The van der Waals surface area contributed by atoms with Crippen molar-refractivity contribution < 1.29 is 4.84 Å². The maximum Gasteiger partial charge on any atom is 0.195 e. The van der Waals surface area contributed by atoms with Crippen LogP contribution in [0.15, 0.2) is 16.7 Å². The molecule has 0 unspecified atom stereocenters. The number of halogens is 1. The summed E-state index contributed by atoms with van der Waals surface area (Å²) in [6.07, 6.45) is 3.42. The normalized spacial score (nSPS) is 11.5. The highest BCUT2D eigenvalue weighted by Crippen LogP contribution is 2.19. The van der Waals surface area contributed by atoms with Crippen molar-refractivity contribution in [3.63, 3.8) is 0 Å². The van der Waals surface area contributed by atoms with E-state index in [1.54, 1.807) is 0 Å². The molecule has 0 saturated carbocycles. The van der Waals surface area contributed by atoms with Crippen molar-refractivity contribution in [3.05, 3.63) is 22.4 Å². The number of imidazole rings is 1. The number of aromatic nitrogens is 2. The minimum atomic E-state index is 0.438. The van der Waals surface area contributed by atoms with Crippen molar-refractivity contribution in [3.8, 4) is 0 Å². The van der Waals surface area contributed by atoms with Crippen molar-refractivity contribution in [1.82, 2.24) is 9.38 Å². The minimum Gasteiger partial charge on any atom is -0.399 e. The number of oxime groups is 1. The summed E-state index contributed by atoms with van der Waals surface area (Å²) in [7, 11) is 1.48. The molecule has 0 bridgehead atoms. The third-order valence-corrected chi connectivity index (χ3v) is 2.57. The van der Waals surface area contributed by atoms with Gasteiger partial charge in [0.15, 0.2) is 10.1 Å². The van der Waals surface area contributed by atoms with E-state index in [1.807, 2.05) is 16.0 Å². The highest BCUT2D eigenvalue weighted by atomic mass is 35.5. The third kappa shape index (κ3) is 1.40. The topological polar surface area (TPSA) is 38.9 Å². The molecule has 2 aromatic rings. The average molecular weight is 216 g/mol. The Morgan fingerprint density at radius 3 is 3.38 bits per heavy atom. The van der Waals surface area contributed by atoms with Gasteiger partial charge in [0, 0.05) is 11.6 Å². The summed E-state index contributed by atoms with van der Waals surface area (Å²) in [6.45, 7) is 0. The number of hydrogen-bond acceptors (Lipinski definition) is 4. The Morgan fingerprint density at radius 2 is 2.62 bits per heavy atom. The summed E-state index contributed by atoms with van der Waals surface area (Å²) in [5.74, 6) is 0. The zero-order chi connectivity index (χ0) is 9.26. The van der Waals surface area contributed by atoms with Crippen molar-refractivity contribution in [2.45, 2.75) is 0 Å². The Morgan fingerprint density at radius 1 is 1.77 bits per heavy atom. The SMILES string of the molecule is CON=Cc1c(Cl)nc2sccn12. The van der Waals surface area contributed by atoms with E-state index < -0.39 is 0 Å². The zero-order valence-electron chi connectivity index (χ0n) is 6.77. The Labute approximate surface area is 83.4 Å². The number of nitrogens with zero attached hydrogens (tertiary/aromatic N) is 3. The van der Waals surface area contributed by atoms with Crippen LogP contribution in [-0.2, 0) is 4.84 Å². The van der Waals surface area contributed by atoms with Crippen LogP contribution >= 0.6 is 22.9 Å². The van der Waals surface area contributed by atoms with Crippen molar-refractivity contribution >= 4 is 34.1 Å². The summed E-state index contributed by atoms with van der Waals surface area (Å²) < 4.78 is 1.86. The lowest BCUT2D eigenvalue weighted by Crippen LogP contribution is -1.88. The molecule has 2 rings (SSSR count). The molecule has 0 amide bonds. The molecule has 2 aromatic heterocycles. The first kappa shape index (κ1) is 8.52. The molecule has 0 aliphatic carbocycles. The first-order valence-corrected chi connectivity index (χ1v) is 4.76. The molecule has 2 heterocycles. The fourth-order valence-electron chi connectivity index (χ4n) is 0.995. The molecule has 0 aliphatic rings. The Kier molecular flexibility index (Phi) is 2.20. The summed E-state index contributed by atoms with van der Waals surface area (Å²) in [5.41, 5.74) is 0.736. The van der Waals surface area contributed by atoms with Crippen LogP contribution in [-0.4, -0.2) is 22.7 Å². The van der Waals surface area contributed by atoms with E-state index in [1.165, 1.54) is 24.7 Å². The van der Waals surface area contributed by atoms with Crippen LogP contribution in [0.1, 0.15) is 5.69 Å². The number of thiazole rings is 1. The predicted octanol–water partition coefficient (Wildman–Crippen LogP) is 2.03. The van der Waals surface area contributed by atoms with E-state index in [0.29, 0.717) is 5.15 Å². The Bertz CT molecular complexity index is 447. The molecule has 0 aliphatic heterocycles. The quantitative estimate of drug-likeness (QED) is 0.568. The molecular weight excluding hydrogens is 210 g/mol. The average Bonchev–Trinajstić information content (AvgIpc) is 2.62. The van der Waals surface area contributed by atoms with E-state index in [9.17, 15) is 0 Å². The van der Waals surface area contributed by atoms with Crippen LogP contribution in [0.25, 0.3) is 4.96 Å². The fourth-order valence-corrected chi connectivity index (χ4v) is 1.99. The van der Waals surface area contributed by atoms with Crippen LogP contribution in [0, 0.1) is 0 Å². The highest BCUT2D eigenvalue weighted by Gasteiger charge is 2.08. The molecule has 0 atom stereocenters. The van der Waals surface area contributed by atoms with Crippen LogP contribution in [0.5, 0.6) is 0 Å². The lowest BCUT2D eigenvalue weighted by molar-refractivity contribution is 0.215. The van der Waals surface area contributed by atoms with Crippen molar-refractivity contribution in [2.75, 3.05) is 7.11 Å². The van der Waals surface area contributed by atoms with Crippen LogP contribution < -0.4 is 0 Å². The Hall–Kier alpha value is -1.07. The summed E-state index contributed by atoms with van der Waals surface area (Å²) >= 11 is 7.39. The smallest absolute Gasteiger partial charge is 0.195 e. The number of hydrogen-bond donors (Lipinski definition) is 0. The molecule has 0 aromatic carbocycles. The van der Waals surface area contributed by atoms with Crippen LogP contribution in [0.2, 0.25) is 5.15 Å². The second-order valence-corrected chi connectivity index (χ2v) is 3.49. The molecule has 13 heavy (non-hydrogen) atoms. The zero-order valence-corrected chi connectivity index (χ0v) is 8.34. The van der Waals surface area contributed by atoms with Gasteiger partial charge in [-0.1, -0.05) is 16.8 Å². The molecule has 0 fully saturated rings. The third-order valence-electron chi connectivity index (χ3n) is 1.53. The van der Waals surface area contributed by atoms with Gasteiger partial charge in [-0.25, -0.2) is 4.98 Å². The van der Waals surface area contributed by atoms with Gasteiger partial charge in [0.25, 0.3) is 0 Å². The van der Waals surface area contributed by atoms with Gasteiger partial charge in [-0.2, -0.15) is 0 Å². The molecule has 0 N–H and O–H groups in total. The largest absolute Gasteiger partial charge is 0.399 e. The molecule has 0 spiro atoms. The maximum atomic E-state index is 5.87. The molecule has 4 nitrogen and oxygen atoms in total. The lowest BCUT2D eigenvalue weighted by Gasteiger charge is -1.89. The number of fused-ring (bicyclic) bond motifs is 1. The summed E-state index contributed by atoms with van der Waals surface area (Å²) in [4.78, 5) is 9.54. The molecule has 68 valence electrons. The minimum absolute atomic E-state index is 0.438. The van der Waals surface area contributed by atoms with E-state index >= 15 is 0 Å². The Balaban J connectivity index is 2.57. The predicted molar refractivity (Wildman–Crippen MR) is 52.7 cm³/mol. The van der Waals surface area contributed by atoms with Gasteiger partial charge in [0.05, 0.1) is 6.21 Å². The first-order valence-electron chi connectivity index (χ1n) is 3.50. The molecule has 0 radical (unpaired) electrons. The lowest BCUT2D eigenvalue weighted by atomic mass is 10.5. The van der Waals surface area contributed by atoms with E-state index in [4.69, 9.17) is 11.6 Å². The maximum absolute atomic E-state index is 5.87. The van der Waals surface area contributed by atoms with Gasteiger partial charge in [0.2, 0.25) is 0 Å². The van der Waals surface area contributed by atoms with Gasteiger partial charge >= 0.3 is 0 Å². The fraction of sp³-hybridized carbons (Fsp3) is 0.143. The second-order valence-electron chi connectivity index (χ2n) is 2.26. The second kappa shape index (κ2) is 3.35. The van der Waals surface area contributed by atoms with E-state index in [2.05, 4.69) is 15.0 Å². The highest BCUT2D eigenvalue weighted by molar-refractivity contribution is 7.15. The number of rotatable bonds is 2. The monoisotopic (exact) mass is 215 g/mol. The molecule has 0 saturated heterocycles. The van der Waals surface area contributed by atoms with Gasteiger partial charge in [0.1, 0.15) is 12.8 Å². The first-order chi connectivity index (χ1) is 6.33. The van der Waals surface area contributed by atoms with Gasteiger partial charge in [-0.05, 0) is 0 Å². The van der Waals surface area contributed by atoms with Crippen molar-refractivity contribution in [2.24, 2.45) is 5.16 Å². The van der Waals surface area contributed by atoms with Crippen molar-refractivity contribution in [1.29, 1.82) is 0 Å². The standard InChI is InChI=1S/C7H6ClN3OS/c1-12-9-4-5-6(8)10-7-11(5)2-3-13-7/h2-4H,1H3. The molecular formula is C7H6ClN3OS. The van der Waals surface area contributed by atoms with Gasteiger partial charge in [-0.15, -0.1) is 11.3 Å². The van der Waals surface area contributed by atoms with Gasteiger partial charge < -0.3 is 4.84 Å².